The van der Waals surface area contributed by atoms with E-state index >= 15 is 0 Å². The van der Waals surface area contributed by atoms with Crippen molar-refractivity contribution in [2.45, 2.75) is 0 Å². The fraction of sp³-hybridized carbons (Fsp3) is 0.125. The van der Waals surface area contributed by atoms with Crippen LogP contribution in [0.15, 0.2) is 48.5 Å². The van der Waals surface area contributed by atoms with Crippen LogP contribution in [0.1, 0.15) is 11.1 Å². The Morgan fingerprint density at radius 3 is 1.22 bits per heavy atom. The van der Waals surface area contributed by atoms with Gasteiger partial charge < -0.3 is 21.7 Å². The van der Waals surface area contributed by atoms with Gasteiger partial charge in [0, 0.05) is 0 Å². The normalized spacial score (nSPS) is 8.26. The first-order chi connectivity index (χ1) is 10.6. The molecule has 0 fully saturated rings. The maximum absolute atomic E-state index is 8.92. The molecule has 0 aromatic heterocycles. The molecule has 23 heavy (non-hydrogen) atoms. The van der Waals surface area contributed by atoms with Gasteiger partial charge in [-0.3, -0.25) is 9.59 Å². The van der Waals surface area contributed by atoms with Gasteiger partial charge in [-0.05, 0) is 24.3 Å². The first-order valence-electron chi connectivity index (χ1n) is 6.40. The molecule has 6 N–H and O–H groups in total. The smallest absolute Gasteiger partial charge is 0.679 e. The third-order valence-corrected chi connectivity index (χ3v) is 2.28. The summed E-state index contributed by atoms with van der Waals surface area (Å²) in [7, 11) is 0. The Balaban J connectivity index is 0. The molecule has 0 heterocycles. The van der Waals surface area contributed by atoms with E-state index in [-0.39, 0.29) is 41.1 Å². The van der Waals surface area contributed by atoms with Gasteiger partial charge in [0.05, 0.1) is 0 Å². The molecule has 0 saturated heterocycles. The van der Waals surface area contributed by atoms with Crippen molar-refractivity contribution in [3.8, 4) is 11.5 Å². The molecule has 0 amide bonds. The number of aldehydes is 2. The van der Waals surface area contributed by atoms with E-state index in [0.29, 0.717) is 11.1 Å². The third kappa shape index (κ3) is 10.2. The van der Waals surface area contributed by atoms with Gasteiger partial charge in [-0.15, -0.1) is 0 Å². The van der Waals surface area contributed by atoms with Crippen LogP contribution in [-0.4, -0.2) is 45.5 Å². The van der Waals surface area contributed by atoms with Crippen molar-refractivity contribution < 1.29 is 36.3 Å². The van der Waals surface area contributed by atoms with Crippen molar-refractivity contribution in [1.29, 1.82) is 0 Å². The average Bonchev–Trinajstić information content (AvgIpc) is 2.56. The Bertz CT molecular complexity index is 528. The number of carbonyl (C=O) groups excluding carboxylic acids is 2. The van der Waals surface area contributed by atoms with E-state index in [1.807, 2.05) is 0 Å². The van der Waals surface area contributed by atoms with E-state index in [1.54, 1.807) is 36.4 Å². The molecule has 2 aromatic rings. The number of nitrogens with one attached hydrogen (secondary N) is 2. The fourth-order valence-electron chi connectivity index (χ4n) is 1.19. The van der Waals surface area contributed by atoms with E-state index < -0.39 is 0 Å². The fourth-order valence-corrected chi connectivity index (χ4v) is 1.19. The van der Waals surface area contributed by atoms with Crippen LogP contribution in [0.4, 0.5) is 0 Å². The maximum Gasteiger partial charge on any atom is 2.00 e. The number of aromatic hydroxyl groups is 2. The van der Waals surface area contributed by atoms with Crippen LogP contribution >= 0.6 is 0 Å². The summed E-state index contributed by atoms with van der Waals surface area (Å²) in [5.41, 5.74) is 13.4. The maximum atomic E-state index is 8.92. The molecule has 0 radical (unpaired) electrons. The minimum atomic E-state index is 0. The Morgan fingerprint density at radius 2 is 1.04 bits per heavy atom. The molecular formula is C16H20N2NiO4+2. The largest absolute Gasteiger partial charge is 2.00 e. The van der Waals surface area contributed by atoms with Crippen molar-refractivity contribution >= 4 is 12.6 Å². The number of phenols is 2. The molecule has 0 atom stereocenters. The van der Waals surface area contributed by atoms with E-state index in [1.165, 1.54) is 12.1 Å². The van der Waals surface area contributed by atoms with Gasteiger partial charge in [0.1, 0.15) is 22.6 Å². The van der Waals surface area contributed by atoms with E-state index in [0.717, 1.165) is 12.6 Å². The van der Waals surface area contributed by atoms with Gasteiger partial charge in [0.2, 0.25) is 0 Å². The number of para-hydroxylation sites is 2. The summed E-state index contributed by atoms with van der Waals surface area (Å²) in [5.74, 6) is 0.194. The predicted molar refractivity (Wildman–Crippen MR) is 88.8 cm³/mol. The number of rotatable bonds is 3. The topological polar surface area (TPSA) is 131 Å². The van der Waals surface area contributed by atoms with E-state index in [4.69, 9.17) is 31.3 Å². The van der Waals surface area contributed by atoms with Crippen molar-refractivity contribution in [3.05, 3.63) is 71.1 Å². The van der Waals surface area contributed by atoms with E-state index in [2.05, 4.69) is 0 Å². The van der Waals surface area contributed by atoms with Gasteiger partial charge in [0.15, 0.2) is 0 Å². The summed E-state index contributed by atoms with van der Waals surface area (Å²) in [6.07, 6.45) is 1.74. The molecule has 0 aliphatic rings. The second kappa shape index (κ2) is 14.7. The Hall–Kier alpha value is -2.21. The number of benzene rings is 2. The van der Waals surface area contributed by atoms with Crippen LogP contribution in [0.2, 0.25) is 0 Å². The molecule has 0 saturated carbocycles. The number of phenolic OH excluding ortho intramolecular Hbond substituents is 2. The molecule has 7 heteroatoms. The molecular weight excluding hydrogens is 343 g/mol. The van der Waals surface area contributed by atoms with Crippen LogP contribution in [0, 0.1) is 0 Å². The minimum Gasteiger partial charge on any atom is -0.679 e. The standard InChI is InChI=1S/2C7H6O2.C2H6N2.Ni/c2*8-5-6-3-1-2-4-7(6)9;3-1-2-4;/h2*1-5,9H;3-4H,1-2H2;/q;;-2;+2/p+2. The monoisotopic (exact) mass is 362 g/mol. The van der Waals surface area contributed by atoms with Crippen molar-refractivity contribution in [3.63, 3.8) is 0 Å². The Labute approximate surface area is 145 Å². The molecule has 2 rings (SSSR count). The van der Waals surface area contributed by atoms with E-state index in [9.17, 15) is 0 Å². The van der Waals surface area contributed by atoms with Crippen molar-refractivity contribution in [2.75, 3.05) is 13.1 Å². The molecule has 0 aliphatic carbocycles. The van der Waals surface area contributed by atoms with Crippen LogP contribution in [0.5, 0.6) is 11.5 Å². The molecule has 0 aliphatic heterocycles. The summed E-state index contributed by atoms with van der Waals surface area (Å²) in [4.78, 5) is 16.9. The van der Waals surface area contributed by atoms with Gasteiger partial charge in [-0.2, -0.15) is 13.1 Å². The zero-order valence-electron chi connectivity index (χ0n) is 12.3. The predicted octanol–water partition coefficient (Wildman–Crippen LogP) is 2.92. The molecule has 0 spiro atoms. The summed E-state index contributed by atoms with van der Waals surface area (Å²) in [6, 6.07) is 13.1. The van der Waals surface area contributed by atoms with Crippen LogP contribution < -0.4 is 0 Å². The van der Waals surface area contributed by atoms with Gasteiger partial charge in [-0.25, -0.2) is 0 Å². The van der Waals surface area contributed by atoms with Crippen molar-refractivity contribution in [1.82, 2.24) is 0 Å². The number of hydrogen-bond acceptors (Lipinski definition) is 2. The molecule has 0 bridgehead atoms. The molecule has 0 unspecified atom stereocenters. The number of hydrogen-bond donors (Lipinski definition) is 2. The Morgan fingerprint density at radius 1 is 0.739 bits per heavy atom. The molecule has 2 aromatic carbocycles. The van der Waals surface area contributed by atoms with Crippen molar-refractivity contribution in [2.24, 2.45) is 0 Å². The first-order valence-corrected chi connectivity index (χ1v) is 6.40. The van der Waals surface area contributed by atoms with Gasteiger partial charge in [0.25, 0.3) is 0 Å². The van der Waals surface area contributed by atoms with Crippen LogP contribution in [0.3, 0.4) is 0 Å². The zero-order valence-corrected chi connectivity index (χ0v) is 13.3. The molecule has 126 valence electrons. The van der Waals surface area contributed by atoms with Crippen LogP contribution in [-0.2, 0) is 16.5 Å². The average molecular weight is 363 g/mol. The van der Waals surface area contributed by atoms with Gasteiger partial charge >= 0.3 is 29.1 Å². The SMILES string of the molecule is Oc1ccccc1C=[OH+].Oc1ccccc1C=[OH+].[NH-]CC[NH-].[Ni+2]. The second-order valence-electron chi connectivity index (χ2n) is 3.88. The van der Waals surface area contributed by atoms with Crippen LogP contribution in [0.25, 0.3) is 11.5 Å². The summed E-state index contributed by atoms with van der Waals surface area (Å²) in [6.45, 7) is 0.472. The third-order valence-electron chi connectivity index (χ3n) is 2.28. The summed E-state index contributed by atoms with van der Waals surface area (Å²) >= 11 is 0. The quantitative estimate of drug-likeness (QED) is 0.493. The first kappa shape index (κ1) is 23.1. The minimum absolute atomic E-state index is 0. The summed E-state index contributed by atoms with van der Waals surface area (Å²) in [5, 5.41) is 17.8. The second-order valence-corrected chi connectivity index (χ2v) is 3.88. The zero-order chi connectivity index (χ0) is 16.8. The summed E-state index contributed by atoms with van der Waals surface area (Å²) < 4.78 is 0. The molecule has 6 nitrogen and oxygen atoms in total. The van der Waals surface area contributed by atoms with Gasteiger partial charge in [-0.1, -0.05) is 24.3 Å². The Kier molecular flexibility index (Phi) is 14.8.